The van der Waals surface area contributed by atoms with Crippen molar-refractivity contribution in [1.82, 2.24) is 8.61 Å². The average Bonchev–Trinajstić information content (AvgIpc) is 2.93. The van der Waals surface area contributed by atoms with Crippen molar-refractivity contribution in [3.05, 3.63) is 104 Å². The number of carbonyl (C=O) groups excluding carboxylic acids is 1. The van der Waals surface area contributed by atoms with E-state index < -0.39 is 66.9 Å². The largest absolute Gasteiger partial charge is 0.480 e. The zero-order chi connectivity index (χ0) is 30.4. The number of aldehydes is 1. The Morgan fingerprint density at radius 2 is 1.12 bits per heavy atom. The lowest BCUT2D eigenvalue weighted by Gasteiger charge is -2.24. The van der Waals surface area contributed by atoms with Gasteiger partial charge < -0.3 is 9.90 Å². The summed E-state index contributed by atoms with van der Waals surface area (Å²) in [5.41, 5.74) is -0.254. The van der Waals surface area contributed by atoms with Crippen LogP contribution in [0, 0.1) is 20.2 Å². The first-order valence-corrected chi connectivity index (χ1v) is 14.4. The molecular weight excluding hydrogens is 584 g/mol. The Balaban J connectivity index is 1.97. The molecule has 0 saturated heterocycles. The summed E-state index contributed by atoms with van der Waals surface area (Å²) < 4.78 is 54.5. The Morgan fingerprint density at radius 3 is 1.49 bits per heavy atom. The lowest BCUT2D eigenvalue weighted by Crippen LogP contribution is -2.36. The van der Waals surface area contributed by atoms with Crippen molar-refractivity contribution in [3.8, 4) is 0 Å². The maximum absolute atomic E-state index is 13.3. The third-order valence-electron chi connectivity index (χ3n) is 5.77. The second kappa shape index (κ2) is 12.7. The highest BCUT2D eigenvalue weighted by atomic mass is 32.2. The summed E-state index contributed by atoms with van der Waals surface area (Å²) in [7, 11) is -8.84. The Kier molecular flexibility index (Phi) is 9.61. The standard InChI is InChI=1S/C24H22N4O11S2/c29-14-13-25(40(36,37)22-9-5-20(6-10-22)27(32)33)15-18-3-1-2-4-19(18)16-26(17-24(30)31)41(38,39)23-11-7-21(8-12-23)28(34)35/h1-12,14H,13,15-17H2,(H,30,31). The molecule has 0 saturated carbocycles. The maximum Gasteiger partial charge on any atom is 0.318 e. The number of aliphatic carboxylic acids is 1. The van der Waals surface area contributed by atoms with Crippen LogP contribution in [0.3, 0.4) is 0 Å². The van der Waals surface area contributed by atoms with E-state index in [2.05, 4.69) is 0 Å². The number of rotatable bonds is 14. The number of hydrogen-bond donors (Lipinski definition) is 1. The van der Waals surface area contributed by atoms with E-state index in [0.29, 0.717) is 10.6 Å². The van der Waals surface area contributed by atoms with Gasteiger partial charge in [-0.25, -0.2) is 16.8 Å². The molecule has 0 unspecified atom stereocenters. The van der Waals surface area contributed by atoms with Crippen LogP contribution in [-0.2, 0) is 42.7 Å². The van der Waals surface area contributed by atoms with Crippen LogP contribution in [0.2, 0.25) is 0 Å². The summed E-state index contributed by atoms with van der Waals surface area (Å²) in [6.07, 6.45) is 0.335. The number of hydrogen-bond acceptors (Lipinski definition) is 10. The second-order valence-electron chi connectivity index (χ2n) is 8.40. The van der Waals surface area contributed by atoms with E-state index in [9.17, 15) is 51.8 Å². The molecule has 41 heavy (non-hydrogen) atoms. The van der Waals surface area contributed by atoms with Crippen molar-refractivity contribution in [2.45, 2.75) is 22.9 Å². The van der Waals surface area contributed by atoms with Gasteiger partial charge >= 0.3 is 5.97 Å². The van der Waals surface area contributed by atoms with Crippen LogP contribution in [0.1, 0.15) is 11.1 Å². The number of sulfonamides is 2. The molecule has 0 heterocycles. The molecule has 15 nitrogen and oxygen atoms in total. The summed E-state index contributed by atoms with van der Waals surface area (Å²) in [5.74, 6) is -1.49. The Morgan fingerprint density at radius 1 is 0.732 bits per heavy atom. The van der Waals surface area contributed by atoms with Gasteiger partial charge in [0.25, 0.3) is 11.4 Å². The molecule has 0 bridgehead atoms. The molecule has 1 N–H and O–H groups in total. The first-order chi connectivity index (χ1) is 19.3. The quantitative estimate of drug-likeness (QED) is 0.159. The van der Waals surface area contributed by atoms with E-state index >= 15 is 0 Å². The van der Waals surface area contributed by atoms with Crippen molar-refractivity contribution in [2.75, 3.05) is 13.1 Å². The van der Waals surface area contributed by atoms with Crippen molar-refractivity contribution in [1.29, 1.82) is 0 Å². The predicted molar refractivity (Wildman–Crippen MR) is 142 cm³/mol. The minimum Gasteiger partial charge on any atom is -0.480 e. The van der Waals surface area contributed by atoms with Gasteiger partial charge in [0, 0.05) is 37.4 Å². The van der Waals surface area contributed by atoms with Crippen molar-refractivity contribution in [3.63, 3.8) is 0 Å². The van der Waals surface area contributed by atoms with E-state index in [4.69, 9.17) is 0 Å². The topological polar surface area (TPSA) is 215 Å². The van der Waals surface area contributed by atoms with Gasteiger partial charge in [-0.2, -0.15) is 8.61 Å². The number of carboxylic acid groups (broad SMARTS) is 1. The molecule has 0 radical (unpaired) electrons. The third kappa shape index (κ3) is 7.34. The highest BCUT2D eigenvalue weighted by Gasteiger charge is 2.30. The molecule has 0 aliphatic heterocycles. The first kappa shape index (κ1) is 31.0. The maximum atomic E-state index is 13.3. The van der Waals surface area contributed by atoms with Crippen LogP contribution in [0.25, 0.3) is 0 Å². The fraction of sp³-hybridized carbons (Fsp3) is 0.167. The van der Waals surface area contributed by atoms with Gasteiger partial charge in [0.2, 0.25) is 20.0 Å². The number of nitro groups is 2. The van der Waals surface area contributed by atoms with Gasteiger partial charge in [-0.1, -0.05) is 24.3 Å². The van der Waals surface area contributed by atoms with Gasteiger partial charge in [-0.15, -0.1) is 0 Å². The number of benzene rings is 3. The average molecular weight is 607 g/mol. The smallest absolute Gasteiger partial charge is 0.318 e. The van der Waals surface area contributed by atoms with Gasteiger partial charge in [-0.3, -0.25) is 25.0 Å². The highest BCUT2D eigenvalue weighted by Crippen LogP contribution is 2.25. The first-order valence-electron chi connectivity index (χ1n) is 11.5. The highest BCUT2D eigenvalue weighted by molar-refractivity contribution is 7.89. The van der Waals surface area contributed by atoms with Gasteiger partial charge in [-0.05, 0) is 35.4 Å². The van der Waals surface area contributed by atoms with Crippen molar-refractivity contribution in [2.24, 2.45) is 0 Å². The molecule has 0 aliphatic carbocycles. The number of carboxylic acids is 1. The molecule has 0 atom stereocenters. The van der Waals surface area contributed by atoms with Crippen molar-refractivity contribution >= 4 is 43.7 Å². The summed E-state index contributed by atoms with van der Waals surface area (Å²) in [4.78, 5) is 42.6. The Bertz CT molecular complexity index is 1680. The van der Waals surface area contributed by atoms with Crippen LogP contribution in [0.5, 0.6) is 0 Å². The van der Waals surface area contributed by atoms with Crippen LogP contribution in [-0.4, -0.2) is 65.7 Å². The number of nitro benzene ring substituents is 2. The molecule has 0 aliphatic rings. The Hall–Kier alpha value is -4.58. The zero-order valence-corrected chi connectivity index (χ0v) is 22.6. The fourth-order valence-electron chi connectivity index (χ4n) is 3.73. The lowest BCUT2D eigenvalue weighted by molar-refractivity contribution is -0.385. The molecular formula is C24H22N4O11S2. The third-order valence-corrected chi connectivity index (χ3v) is 9.40. The number of carbonyl (C=O) groups is 2. The van der Waals surface area contributed by atoms with Gasteiger partial charge in [0.1, 0.15) is 12.8 Å². The molecule has 3 aromatic rings. The molecule has 3 aromatic carbocycles. The van der Waals surface area contributed by atoms with E-state index in [1.165, 1.54) is 24.3 Å². The minimum atomic E-state index is -4.49. The fourth-order valence-corrected chi connectivity index (χ4v) is 6.44. The SMILES string of the molecule is O=CCN(Cc1ccccc1CN(CC(=O)O)S(=O)(=O)c1ccc([N+](=O)[O-])cc1)S(=O)(=O)c1ccc([N+](=O)[O-])cc1. The summed E-state index contributed by atoms with van der Waals surface area (Å²) >= 11 is 0. The Labute approximate surface area is 233 Å². The van der Waals surface area contributed by atoms with Crippen LogP contribution >= 0.6 is 0 Å². The van der Waals surface area contributed by atoms with Gasteiger partial charge in [0.15, 0.2) is 0 Å². The van der Waals surface area contributed by atoms with Gasteiger partial charge in [0.05, 0.1) is 26.2 Å². The number of nitrogens with zero attached hydrogens (tertiary/aromatic N) is 4. The van der Waals surface area contributed by atoms with E-state index in [-0.39, 0.29) is 27.4 Å². The normalized spacial score (nSPS) is 11.9. The number of non-ortho nitro benzene ring substituents is 2. The van der Waals surface area contributed by atoms with E-state index in [1.54, 1.807) is 0 Å². The molecule has 216 valence electrons. The zero-order valence-electron chi connectivity index (χ0n) is 21.0. The summed E-state index contributed by atoms with van der Waals surface area (Å²) in [6.45, 7) is -2.53. The summed E-state index contributed by atoms with van der Waals surface area (Å²) in [6, 6.07) is 13.8. The molecule has 0 amide bonds. The molecule has 17 heteroatoms. The van der Waals surface area contributed by atoms with Crippen LogP contribution < -0.4 is 0 Å². The predicted octanol–water partition coefficient (Wildman–Crippen LogP) is 2.17. The molecule has 0 fully saturated rings. The monoisotopic (exact) mass is 606 g/mol. The molecule has 0 aromatic heterocycles. The van der Waals surface area contributed by atoms with E-state index in [1.807, 2.05) is 0 Å². The molecule has 0 spiro atoms. The van der Waals surface area contributed by atoms with Crippen molar-refractivity contribution < 1.29 is 41.4 Å². The lowest BCUT2D eigenvalue weighted by atomic mass is 10.1. The summed E-state index contributed by atoms with van der Waals surface area (Å²) in [5, 5.41) is 31.3. The van der Waals surface area contributed by atoms with E-state index in [0.717, 1.165) is 52.8 Å². The van der Waals surface area contributed by atoms with Crippen LogP contribution in [0.4, 0.5) is 11.4 Å². The molecule has 3 rings (SSSR count). The minimum absolute atomic E-state index is 0.217. The van der Waals surface area contributed by atoms with Crippen LogP contribution in [0.15, 0.2) is 82.6 Å². The second-order valence-corrected chi connectivity index (χ2v) is 12.3.